The summed E-state index contributed by atoms with van der Waals surface area (Å²) in [6, 6.07) is 39.5. The van der Waals surface area contributed by atoms with Gasteiger partial charge in [0.25, 0.3) is 0 Å². The van der Waals surface area contributed by atoms with Crippen molar-refractivity contribution in [1.29, 1.82) is 0 Å². The largest absolute Gasteiger partial charge is 0.381 e. The van der Waals surface area contributed by atoms with Crippen LogP contribution in [0.1, 0.15) is 80.2 Å². The van der Waals surface area contributed by atoms with Crippen LogP contribution in [0, 0.1) is 5.41 Å². The first-order valence-corrected chi connectivity index (χ1v) is 14.5. The van der Waals surface area contributed by atoms with Crippen LogP contribution >= 0.6 is 0 Å². The summed E-state index contributed by atoms with van der Waals surface area (Å²) in [6.45, 7) is 5.43. The lowest BCUT2D eigenvalue weighted by molar-refractivity contribution is 0.425. The van der Waals surface area contributed by atoms with Crippen LogP contribution in [0.25, 0.3) is 0 Å². The first-order chi connectivity index (χ1) is 19.1. The predicted octanol–water partition coefficient (Wildman–Crippen LogP) is 9.34. The highest BCUT2D eigenvalue weighted by Gasteiger charge is 2.46. The maximum absolute atomic E-state index is 5.24. The third-order valence-electron chi connectivity index (χ3n) is 8.59. The molecule has 39 heavy (non-hydrogen) atoms. The molecule has 4 aromatic rings. The molecule has 6 rings (SSSR count). The van der Waals surface area contributed by atoms with Gasteiger partial charge in [-0.1, -0.05) is 118 Å². The molecule has 2 aliphatic rings. The van der Waals surface area contributed by atoms with E-state index < -0.39 is 0 Å². The van der Waals surface area contributed by atoms with Gasteiger partial charge in [0.15, 0.2) is 0 Å². The smallest absolute Gasteiger partial charge is 0.0882 e. The summed E-state index contributed by atoms with van der Waals surface area (Å²) in [4.78, 5) is 0. The Balaban J connectivity index is 1.20. The Hall–Kier alpha value is -3.85. The van der Waals surface area contributed by atoms with Gasteiger partial charge in [0.05, 0.1) is 17.4 Å². The minimum absolute atomic E-state index is 0.112. The fraction of sp³-hybridized carbons (Fsp3) is 0.306. The molecule has 0 amide bonds. The van der Waals surface area contributed by atoms with E-state index in [0.29, 0.717) is 0 Å². The van der Waals surface area contributed by atoms with Crippen LogP contribution in [0.5, 0.6) is 0 Å². The van der Waals surface area contributed by atoms with E-state index in [0.717, 1.165) is 23.9 Å². The summed E-state index contributed by atoms with van der Waals surface area (Å²) in [6.07, 6.45) is 6.84. The normalized spacial score (nSPS) is 19.1. The molecular formula is C36H39N3. The lowest BCUT2D eigenvalue weighted by Crippen LogP contribution is -2.32. The van der Waals surface area contributed by atoms with Crippen molar-refractivity contribution in [2.45, 2.75) is 64.5 Å². The van der Waals surface area contributed by atoms with Gasteiger partial charge in [-0.25, -0.2) is 0 Å². The fourth-order valence-corrected chi connectivity index (χ4v) is 6.44. The van der Waals surface area contributed by atoms with Crippen molar-refractivity contribution < 1.29 is 0 Å². The fourth-order valence-electron chi connectivity index (χ4n) is 6.44. The van der Waals surface area contributed by atoms with Crippen molar-refractivity contribution in [2.75, 3.05) is 10.3 Å². The van der Waals surface area contributed by atoms with Crippen LogP contribution in [0.2, 0.25) is 0 Å². The van der Waals surface area contributed by atoms with E-state index in [1.807, 2.05) is 0 Å². The molecular weight excluding hydrogens is 474 g/mol. The zero-order valence-electron chi connectivity index (χ0n) is 23.2. The molecule has 3 nitrogen and oxygen atoms in total. The second kappa shape index (κ2) is 11.1. The first kappa shape index (κ1) is 25.4. The van der Waals surface area contributed by atoms with E-state index in [1.165, 1.54) is 60.0 Å². The van der Waals surface area contributed by atoms with Crippen LogP contribution in [-0.4, -0.2) is 5.71 Å². The molecule has 1 fully saturated rings. The zero-order valence-corrected chi connectivity index (χ0v) is 23.2. The Morgan fingerprint density at radius 1 is 0.718 bits per heavy atom. The topological polar surface area (TPSA) is 27.6 Å². The second-order valence-electron chi connectivity index (χ2n) is 11.7. The molecule has 1 saturated carbocycles. The van der Waals surface area contributed by atoms with Gasteiger partial charge in [-0.05, 0) is 65.3 Å². The van der Waals surface area contributed by atoms with E-state index in [9.17, 15) is 0 Å². The highest BCUT2D eigenvalue weighted by atomic mass is 15.5. The van der Waals surface area contributed by atoms with Crippen LogP contribution in [0.15, 0.2) is 114 Å². The summed E-state index contributed by atoms with van der Waals surface area (Å²) in [5.41, 5.74) is 8.48. The van der Waals surface area contributed by atoms with Crippen LogP contribution in [0.3, 0.4) is 0 Å². The van der Waals surface area contributed by atoms with Crippen molar-refractivity contribution in [1.82, 2.24) is 0 Å². The Morgan fingerprint density at radius 3 is 2.03 bits per heavy atom. The Bertz CT molecular complexity index is 1380. The summed E-state index contributed by atoms with van der Waals surface area (Å²) in [5.74, 6) is 0.751. The Kier molecular flexibility index (Phi) is 7.24. The van der Waals surface area contributed by atoms with Gasteiger partial charge in [0.2, 0.25) is 0 Å². The third-order valence-corrected chi connectivity index (χ3v) is 8.59. The lowest BCUT2D eigenvalue weighted by Gasteiger charge is -2.33. The number of anilines is 2. The maximum atomic E-state index is 5.24. The number of benzene rings is 4. The summed E-state index contributed by atoms with van der Waals surface area (Å²) < 4.78 is 0. The van der Waals surface area contributed by atoms with Crippen molar-refractivity contribution >= 4 is 17.1 Å². The lowest BCUT2D eigenvalue weighted by atomic mass is 9.75. The molecule has 0 aromatic heterocycles. The van der Waals surface area contributed by atoms with Gasteiger partial charge in [-0.3, -0.25) is 5.01 Å². The number of hydrogen-bond donors (Lipinski definition) is 1. The van der Waals surface area contributed by atoms with E-state index in [-0.39, 0.29) is 11.5 Å². The number of rotatable bonds is 7. The first-order valence-electron chi connectivity index (χ1n) is 14.5. The number of nitrogens with one attached hydrogen (secondary N) is 1. The Labute approximate surface area is 233 Å². The summed E-state index contributed by atoms with van der Waals surface area (Å²) in [7, 11) is 0. The van der Waals surface area contributed by atoms with Gasteiger partial charge < -0.3 is 5.32 Å². The van der Waals surface area contributed by atoms with Crippen molar-refractivity contribution in [3.8, 4) is 0 Å². The van der Waals surface area contributed by atoms with Gasteiger partial charge in [0, 0.05) is 17.6 Å². The monoisotopic (exact) mass is 513 g/mol. The number of hydrogen-bond acceptors (Lipinski definition) is 3. The third kappa shape index (κ3) is 5.36. The van der Waals surface area contributed by atoms with Crippen molar-refractivity contribution in [2.24, 2.45) is 10.5 Å². The molecule has 1 aliphatic heterocycles. The predicted molar refractivity (Wildman–Crippen MR) is 164 cm³/mol. The molecule has 0 saturated heterocycles. The molecule has 4 aromatic carbocycles. The number of nitrogens with zero attached hydrogens (tertiary/aromatic N) is 2. The van der Waals surface area contributed by atoms with Crippen molar-refractivity contribution in [3.05, 3.63) is 131 Å². The molecule has 1 N–H and O–H groups in total. The average Bonchev–Trinajstić information content (AvgIpc) is 3.28. The molecule has 0 bridgehead atoms. The van der Waals surface area contributed by atoms with E-state index in [2.05, 4.69) is 133 Å². The minimum Gasteiger partial charge on any atom is -0.381 e. The van der Waals surface area contributed by atoms with Gasteiger partial charge in [-0.2, -0.15) is 5.10 Å². The average molecular weight is 514 g/mol. The highest BCUT2D eigenvalue weighted by Crippen LogP contribution is 2.48. The maximum Gasteiger partial charge on any atom is 0.0882 e. The summed E-state index contributed by atoms with van der Waals surface area (Å²) in [5, 5.41) is 11.1. The van der Waals surface area contributed by atoms with E-state index >= 15 is 0 Å². The van der Waals surface area contributed by atoms with E-state index in [1.54, 1.807) is 0 Å². The molecule has 198 valence electrons. The molecule has 0 spiro atoms. The van der Waals surface area contributed by atoms with Crippen LogP contribution < -0.4 is 10.3 Å². The molecule has 0 radical (unpaired) electrons. The molecule has 1 atom stereocenters. The standard InChI is InChI=1S/C36H39N3/c1-36(2)34(30-14-8-4-9-15-30)38-39(35(36)31-16-10-5-11-17-31)33-24-18-27(19-25-33)26-37-32-22-20-29(21-23-32)28-12-6-3-7-13-28/h4-5,8-11,14-25,28,35,37H,3,6-7,12-13,26H2,1-2H3. The summed E-state index contributed by atoms with van der Waals surface area (Å²) >= 11 is 0. The van der Waals surface area contributed by atoms with E-state index in [4.69, 9.17) is 5.10 Å². The van der Waals surface area contributed by atoms with Crippen LogP contribution in [0.4, 0.5) is 11.4 Å². The van der Waals surface area contributed by atoms with Crippen LogP contribution in [-0.2, 0) is 6.54 Å². The molecule has 1 heterocycles. The quantitative estimate of drug-likeness (QED) is 0.267. The molecule has 1 unspecified atom stereocenters. The molecule has 1 aliphatic carbocycles. The molecule has 3 heteroatoms. The SMILES string of the molecule is CC1(C)C(c2ccccc2)=NN(c2ccc(CNc3ccc(C4CCCCC4)cc3)cc2)C1c1ccccc1. The van der Waals surface area contributed by atoms with Crippen molar-refractivity contribution in [3.63, 3.8) is 0 Å². The minimum atomic E-state index is -0.160. The highest BCUT2D eigenvalue weighted by molar-refractivity contribution is 6.07. The Morgan fingerprint density at radius 2 is 1.36 bits per heavy atom. The van der Waals surface area contributed by atoms with Gasteiger partial charge in [-0.15, -0.1) is 0 Å². The van der Waals surface area contributed by atoms with Gasteiger partial charge in [0.1, 0.15) is 0 Å². The van der Waals surface area contributed by atoms with Gasteiger partial charge >= 0.3 is 0 Å². The number of hydrazone groups is 1. The second-order valence-corrected chi connectivity index (χ2v) is 11.7. The zero-order chi connectivity index (χ0) is 26.7.